The SMILES string of the molecule is CC(=N)c1ccc(Nc2cccc(CN(C=O)CC(=O)Nc3cccc(C(F)(F)F)c3)c2C)cc1N. The number of hydrogen-bond donors (Lipinski definition) is 4. The predicted octanol–water partition coefficient (Wildman–Crippen LogP) is 5.32. The molecule has 0 atom stereocenters. The van der Waals surface area contributed by atoms with Crippen LogP contribution in [0.4, 0.5) is 35.9 Å². The number of carbonyl (C=O) groups is 2. The minimum atomic E-state index is -4.53. The average Bonchev–Trinajstić information content (AvgIpc) is 2.80. The number of nitrogens with one attached hydrogen (secondary N) is 3. The lowest BCUT2D eigenvalue weighted by molar-refractivity contribution is -0.137. The molecular formula is C26H26F3N5O2. The maximum absolute atomic E-state index is 12.9. The average molecular weight is 498 g/mol. The van der Waals surface area contributed by atoms with E-state index < -0.39 is 17.6 Å². The van der Waals surface area contributed by atoms with E-state index >= 15 is 0 Å². The Morgan fingerprint density at radius 3 is 2.44 bits per heavy atom. The van der Waals surface area contributed by atoms with Crippen LogP contribution in [0.3, 0.4) is 0 Å². The molecule has 0 aliphatic heterocycles. The fourth-order valence-electron chi connectivity index (χ4n) is 3.64. The molecule has 0 radical (unpaired) electrons. The highest BCUT2D eigenvalue weighted by molar-refractivity contribution is 6.01. The molecule has 0 saturated carbocycles. The molecular weight excluding hydrogens is 471 g/mol. The van der Waals surface area contributed by atoms with Crippen molar-refractivity contribution in [3.63, 3.8) is 0 Å². The van der Waals surface area contributed by atoms with Gasteiger partial charge < -0.3 is 26.7 Å². The number of nitrogens with two attached hydrogens (primary N) is 1. The zero-order valence-electron chi connectivity index (χ0n) is 19.7. The third-order valence-electron chi connectivity index (χ3n) is 5.52. The Hall–Kier alpha value is -4.34. The molecule has 0 bridgehead atoms. The van der Waals surface area contributed by atoms with Crippen LogP contribution in [0.2, 0.25) is 0 Å². The molecule has 188 valence electrons. The van der Waals surface area contributed by atoms with Crippen molar-refractivity contribution >= 4 is 40.8 Å². The number of amides is 2. The molecule has 36 heavy (non-hydrogen) atoms. The van der Waals surface area contributed by atoms with E-state index in [1.807, 2.05) is 25.1 Å². The summed E-state index contributed by atoms with van der Waals surface area (Å²) in [6, 6.07) is 15.1. The number of anilines is 4. The summed E-state index contributed by atoms with van der Waals surface area (Å²) in [4.78, 5) is 25.3. The first-order chi connectivity index (χ1) is 17.0. The molecule has 0 saturated heterocycles. The second kappa shape index (κ2) is 10.9. The van der Waals surface area contributed by atoms with E-state index in [1.165, 1.54) is 17.0 Å². The normalized spacial score (nSPS) is 11.0. The monoisotopic (exact) mass is 497 g/mol. The van der Waals surface area contributed by atoms with Crippen LogP contribution in [0.15, 0.2) is 60.7 Å². The highest BCUT2D eigenvalue weighted by atomic mass is 19.4. The minimum Gasteiger partial charge on any atom is -0.398 e. The highest BCUT2D eigenvalue weighted by Crippen LogP contribution is 2.31. The summed E-state index contributed by atoms with van der Waals surface area (Å²) >= 11 is 0. The third-order valence-corrected chi connectivity index (χ3v) is 5.52. The van der Waals surface area contributed by atoms with E-state index in [1.54, 1.807) is 25.1 Å². The van der Waals surface area contributed by atoms with Crippen molar-refractivity contribution in [2.24, 2.45) is 0 Å². The van der Waals surface area contributed by atoms with Gasteiger partial charge in [-0.05, 0) is 67.4 Å². The fourth-order valence-corrected chi connectivity index (χ4v) is 3.64. The van der Waals surface area contributed by atoms with Crippen molar-refractivity contribution in [3.05, 3.63) is 82.9 Å². The van der Waals surface area contributed by atoms with E-state index in [0.29, 0.717) is 23.4 Å². The van der Waals surface area contributed by atoms with Gasteiger partial charge >= 0.3 is 6.18 Å². The molecule has 10 heteroatoms. The summed E-state index contributed by atoms with van der Waals surface area (Å²) in [5, 5.41) is 13.4. The largest absolute Gasteiger partial charge is 0.416 e. The van der Waals surface area contributed by atoms with Crippen molar-refractivity contribution in [2.45, 2.75) is 26.6 Å². The van der Waals surface area contributed by atoms with E-state index in [0.717, 1.165) is 34.6 Å². The quantitative estimate of drug-likeness (QED) is 0.182. The molecule has 0 unspecified atom stereocenters. The molecule has 0 aliphatic rings. The standard InChI is InChI=1S/C26H26F3N5O2/c1-16-18(5-3-8-24(16)32-21-9-10-22(17(2)30)23(31)12-21)13-34(15-35)14-25(36)33-20-7-4-6-19(11-20)26(27,28)29/h3-12,15,30,32H,13-14,31H2,1-2H3,(H,33,36). The van der Waals surface area contributed by atoms with Gasteiger partial charge in [0.25, 0.3) is 0 Å². The first-order valence-electron chi connectivity index (χ1n) is 10.9. The van der Waals surface area contributed by atoms with Crippen molar-refractivity contribution < 1.29 is 22.8 Å². The van der Waals surface area contributed by atoms with E-state index in [4.69, 9.17) is 11.1 Å². The van der Waals surface area contributed by atoms with Gasteiger partial charge in [-0.2, -0.15) is 13.2 Å². The first-order valence-corrected chi connectivity index (χ1v) is 10.9. The van der Waals surface area contributed by atoms with Gasteiger partial charge in [-0.1, -0.05) is 18.2 Å². The second-order valence-corrected chi connectivity index (χ2v) is 8.28. The van der Waals surface area contributed by atoms with Gasteiger partial charge in [0.05, 0.1) is 12.1 Å². The van der Waals surface area contributed by atoms with Gasteiger partial charge in [0.15, 0.2) is 0 Å². The first kappa shape index (κ1) is 26.3. The van der Waals surface area contributed by atoms with Gasteiger partial charge in [0.2, 0.25) is 12.3 Å². The van der Waals surface area contributed by atoms with E-state index in [2.05, 4.69) is 10.6 Å². The maximum Gasteiger partial charge on any atom is 0.416 e. The molecule has 0 heterocycles. The number of alkyl halides is 3. The van der Waals surface area contributed by atoms with E-state index in [9.17, 15) is 22.8 Å². The van der Waals surface area contributed by atoms with Crippen molar-refractivity contribution in [1.82, 2.24) is 4.90 Å². The Labute approximate surface area is 206 Å². The van der Waals surface area contributed by atoms with Gasteiger partial charge in [-0.25, -0.2) is 0 Å². The van der Waals surface area contributed by atoms with Crippen LogP contribution >= 0.6 is 0 Å². The number of carbonyl (C=O) groups excluding carboxylic acids is 2. The summed E-state index contributed by atoms with van der Waals surface area (Å²) in [5.41, 5.74) is 9.75. The Morgan fingerprint density at radius 1 is 1.08 bits per heavy atom. The van der Waals surface area contributed by atoms with Gasteiger partial charge in [0, 0.05) is 40.6 Å². The van der Waals surface area contributed by atoms with Crippen molar-refractivity contribution in [3.8, 4) is 0 Å². The van der Waals surface area contributed by atoms with E-state index in [-0.39, 0.29) is 18.8 Å². The number of rotatable bonds is 9. The molecule has 3 aromatic rings. The van der Waals surface area contributed by atoms with Crippen LogP contribution in [-0.4, -0.2) is 29.5 Å². The van der Waals surface area contributed by atoms with Crippen LogP contribution in [0.1, 0.15) is 29.2 Å². The zero-order valence-corrected chi connectivity index (χ0v) is 19.7. The molecule has 2 amide bonds. The number of halogens is 3. The smallest absolute Gasteiger partial charge is 0.398 e. The summed E-state index contributed by atoms with van der Waals surface area (Å²) < 4.78 is 38.7. The number of hydrogen-bond acceptors (Lipinski definition) is 5. The molecule has 5 N–H and O–H groups in total. The molecule has 0 aliphatic carbocycles. The Morgan fingerprint density at radius 2 is 1.81 bits per heavy atom. The Kier molecular flexibility index (Phi) is 7.98. The predicted molar refractivity (Wildman–Crippen MR) is 134 cm³/mol. The van der Waals surface area contributed by atoms with Crippen LogP contribution in [0, 0.1) is 12.3 Å². The van der Waals surface area contributed by atoms with Crippen LogP contribution in [0.25, 0.3) is 0 Å². The topological polar surface area (TPSA) is 111 Å². The van der Waals surface area contributed by atoms with Crippen LogP contribution in [-0.2, 0) is 22.3 Å². The van der Waals surface area contributed by atoms with Crippen molar-refractivity contribution in [1.29, 1.82) is 5.41 Å². The number of nitrogen functional groups attached to an aromatic ring is 1. The van der Waals surface area contributed by atoms with Gasteiger partial charge in [-0.15, -0.1) is 0 Å². The third kappa shape index (κ3) is 6.62. The Balaban J connectivity index is 1.69. The van der Waals surface area contributed by atoms with Gasteiger partial charge in [-0.3, -0.25) is 9.59 Å². The lowest BCUT2D eigenvalue weighted by atomic mass is 10.0. The molecule has 3 rings (SSSR count). The number of benzene rings is 3. The molecule has 0 fully saturated rings. The lowest BCUT2D eigenvalue weighted by Crippen LogP contribution is -2.32. The van der Waals surface area contributed by atoms with Crippen LogP contribution < -0.4 is 16.4 Å². The summed E-state index contributed by atoms with van der Waals surface area (Å²) in [5.74, 6) is -0.620. The molecule has 0 spiro atoms. The molecule has 3 aromatic carbocycles. The summed E-state index contributed by atoms with van der Waals surface area (Å²) in [6.07, 6.45) is -4.01. The maximum atomic E-state index is 12.9. The zero-order chi connectivity index (χ0) is 26.5. The lowest BCUT2D eigenvalue weighted by Gasteiger charge is -2.20. The number of nitrogens with zero attached hydrogens (tertiary/aromatic N) is 1. The second-order valence-electron chi connectivity index (χ2n) is 8.28. The summed E-state index contributed by atoms with van der Waals surface area (Å²) in [6.45, 7) is 3.31. The van der Waals surface area contributed by atoms with Crippen molar-refractivity contribution in [2.75, 3.05) is 22.9 Å². The highest BCUT2D eigenvalue weighted by Gasteiger charge is 2.30. The Bertz CT molecular complexity index is 1290. The fraction of sp³-hybridized carbons (Fsp3) is 0.192. The van der Waals surface area contributed by atoms with Crippen LogP contribution in [0.5, 0.6) is 0 Å². The van der Waals surface area contributed by atoms with Gasteiger partial charge in [0.1, 0.15) is 0 Å². The molecule has 0 aromatic heterocycles. The summed E-state index contributed by atoms with van der Waals surface area (Å²) in [7, 11) is 0. The molecule has 7 nitrogen and oxygen atoms in total. The minimum absolute atomic E-state index is 0.00782.